The zero-order valence-corrected chi connectivity index (χ0v) is 15.3. The lowest BCUT2D eigenvalue weighted by Gasteiger charge is -2.26. The van der Waals surface area contributed by atoms with E-state index in [0.717, 1.165) is 50.6 Å². The summed E-state index contributed by atoms with van der Waals surface area (Å²) in [6, 6.07) is 7.51. The molecule has 1 saturated heterocycles. The molecule has 1 amide bonds. The minimum absolute atomic E-state index is 0.244. The number of hydrogen-bond acceptors (Lipinski definition) is 6. The van der Waals surface area contributed by atoms with E-state index in [1.165, 1.54) is 11.9 Å². The van der Waals surface area contributed by atoms with Gasteiger partial charge < -0.3 is 15.4 Å². The van der Waals surface area contributed by atoms with Crippen molar-refractivity contribution in [3.8, 4) is 0 Å². The molecule has 1 fully saturated rings. The zero-order chi connectivity index (χ0) is 18.4. The summed E-state index contributed by atoms with van der Waals surface area (Å²) in [5.41, 5.74) is 3.43. The van der Waals surface area contributed by atoms with Crippen molar-refractivity contribution in [2.75, 3.05) is 50.0 Å². The molecule has 0 spiro atoms. The standard InChI is InChI=1S/C19H25N5O2/c1-14-3-4-16(11-15(14)2)23-19(25)17-12-18(22-13-21-17)20-5-6-24-7-9-26-10-8-24/h3-4,11-13H,5-10H2,1-2H3,(H,23,25)(H,20,21,22). The minimum Gasteiger partial charge on any atom is -0.379 e. The van der Waals surface area contributed by atoms with Crippen molar-refractivity contribution in [2.24, 2.45) is 0 Å². The van der Waals surface area contributed by atoms with Crippen LogP contribution in [-0.4, -0.2) is 60.2 Å². The molecule has 0 saturated carbocycles. The predicted octanol–water partition coefficient (Wildman–Crippen LogP) is 2.09. The fraction of sp³-hybridized carbons (Fsp3) is 0.421. The third-order valence-electron chi connectivity index (χ3n) is 4.50. The van der Waals surface area contributed by atoms with Crippen LogP contribution in [-0.2, 0) is 4.74 Å². The number of aryl methyl sites for hydroxylation is 2. The summed E-state index contributed by atoms with van der Waals surface area (Å²) in [5, 5.41) is 6.14. The Hall–Kier alpha value is -2.51. The van der Waals surface area contributed by atoms with E-state index in [1.54, 1.807) is 6.07 Å². The predicted molar refractivity (Wildman–Crippen MR) is 102 cm³/mol. The van der Waals surface area contributed by atoms with Gasteiger partial charge in [0.05, 0.1) is 13.2 Å². The molecule has 0 aliphatic carbocycles. The van der Waals surface area contributed by atoms with Crippen molar-refractivity contribution < 1.29 is 9.53 Å². The molecule has 0 atom stereocenters. The second-order valence-electron chi connectivity index (χ2n) is 6.42. The van der Waals surface area contributed by atoms with Crippen LogP contribution in [0.25, 0.3) is 0 Å². The van der Waals surface area contributed by atoms with Crippen molar-refractivity contribution in [2.45, 2.75) is 13.8 Å². The molecular weight excluding hydrogens is 330 g/mol. The van der Waals surface area contributed by atoms with E-state index in [2.05, 4.69) is 25.5 Å². The van der Waals surface area contributed by atoms with Gasteiger partial charge >= 0.3 is 0 Å². The summed E-state index contributed by atoms with van der Waals surface area (Å²) in [6.45, 7) is 9.22. The highest BCUT2D eigenvalue weighted by Gasteiger charge is 2.11. The van der Waals surface area contributed by atoms with E-state index >= 15 is 0 Å². The Balaban J connectivity index is 1.55. The first-order valence-electron chi connectivity index (χ1n) is 8.86. The normalized spacial score (nSPS) is 14.8. The van der Waals surface area contributed by atoms with Crippen LogP contribution in [0, 0.1) is 13.8 Å². The second-order valence-corrected chi connectivity index (χ2v) is 6.42. The highest BCUT2D eigenvalue weighted by atomic mass is 16.5. The molecule has 138 valence electrons. The molecule has 2 heterocycles. The van der Waals surface area contributed by atoms with Crippen LogP contribution in [0.5, 0.6) is 0 Å². The highest BCUT2D eigenvalue weighted by molar-refractivity contribution is 6.03. The van der Waals surface area contributed by atoms with E-state index < -0.39 is 0 Å². The molecule has 0 unspecified atom stereocenters. The lowest BCUT2D eigenvalue weighted by Crippen LogP contribution is -2.39. The van der Waals surface area contributed by atoms with Crippen molar-refractivity contribution in [3.63, 3.8) is 0 Å². The Morgan fingerprint density at radius 2 is 1.96 bits per heavy atom. The van der Waals surface area contributed by atoms with Gasteiger partial charge in [0.15, 0.2) is 0 Å². The van der Waals surface area contributed by atoms with E-state index in [9.17, 15) is 4.79 Å². The number of benzene rings is 1. The summed E-state index contributed by atoms with van der Waals surface area (Å²) >= 11 is 0. The number of rotatable bonds is 6. The van der Waals surface area contributed by atoms with Gasteiger partial charge in [-0.3, -0.25) is 9.69 Å². The maximum absolute atomic E-state index is 12.4. The summed E-state index contributed by atoms with van der Waals surface area (Å²) in [7, 11) is 0. The third kappa shape index (κ3) is 5.00. The second kappa shape index (κ2) is 8.73. The SMILES string of the molecule is Cc1ccc(NC(=O)c2cc(NCCN3CCOCC3)ncn2)cc1C. The molecule has 2 aromatic rings. The smallest absolute Gasteiger partial charge is 0.274 e. The first-order valence-corrected chi connectivity index (χ1v) is 8.86. The number of nitrogens with one attached hydrogen (secondary N) is 2. The van der Waals surface area contributed by atoms with E-state index in [0.29, 0.717) is 11.5 Å². The van der Waals surface area contributed by atoms with Gasteiger partial charge in [-0.25, -0.2) is 9.97 Å². The number of aromatic nitrogens is 2. The quantitative estimate of drug-likeness (QED) is 0.826. The van der Waals surface area contributed by atoms with Crippen LogP contribution in [0.15, 0.2) is 30.6 Å². The van der Waals surface area contributed by atoms with Crippen molar-refractivity contribution in [1.29, 1.82) is 0 Å². The number of amides is 1. The van der Waals surface area contributed by atoms with Crippen molar-refractivity contribution in [3.05, 3.63) is 47.4 Å². The summed E-state index contributed by atoms with van der Waals surface area (Å²) in [4.78, 5) is 23.0. The maximum Gasteiger partial charge on any atom is 0.274 e. The van der Waals surface area contributed by atoms with Crippen LogP contribution in [0.3, 0.4) is 0 Å². The molecular formula is C19H25N5O2. The van der Waals surface area contributed by atoms with Crippen LogP contribution in [0.2, 0.25) is 0 Å². The third-order valence-corrected chi connectivity index (χ3v) is 4.50. The van der Waals surface area contributed by atoms with Gasteiger partial charge in [-0.15, -0.1) is 0 Å². The van der Waals surface area contributed by atoms with Crippen molar-refractivity contribution in [1.82, 2.24) is 14.9 Å². The van der Waals surface area contributed by atoms with Crippen molar-refractivity contribution >= 4 is 17.4 Å². The largest absolute Gasteiger partial charge is 0.379 e. The van der Waals surface area contributed by atoms with Gasteiger partial charge in [-0.05, 0) is 37.1 Å². The molecule has 7 heteroatoms. The number of carbonyl (C=O) groups is 1. The van der Waals surface area contributed by atoms with Gasteiger partial charge in [0.2, 0.25) is 0 Å². The minimum atomic E-state index is -0.244. The number of ether oxygens (including phenoxy) is 1. The fourth-order valence-corrected chi connectivity index (χ4v) is 2.76. The number of anilines is 2. The van der Waals surface area contributed by atoms with E-state index in [-0.39, 0.29) is 5.91 Å². The number of carbonyl (C=O) groups excluding carboxylic acids is 1. The maximum atomic E-state index is 12.4. The number of nitrogens with zero attached hydrogens (tertiary/aromatic N) is 3. The molecule has 1 aliphatic rings. The Morgan fingerprint density at radius 1 is 1.15 bits per heavy atom. The zero-order valence-electron chi connectivity index (χ0n) is 15.3. The first kappa shape index (κ1) is 18.3. The average Bonchev–Trinajstić information content (AvgIpc) is 2.66. The topological polar surface area (TPSA) is 79.4 Å². The van der Waals surface area contributed by atoms with Gasteiger partial charge in [0, 0.05) is 37.9 Å². The number of morpholine rings is 1. The first-order chi connectivity index (χ1) is 12.6. The summed E-state index contributed by atoms with van der Waals surface area (Å²) in [5.74, 6) is 0.408. The lowest BCUT2D eigenvalue weighted by molar-refractivity contribution is 0.0398. The molecule has 0 bridgehead atoms. The van der Waals surface area contributed by atoms with Crippen LogP contribution < -0.4 is 10.6 Å². The Kier molecular flexibility index (Phi) is 6.14. The fourth-order valence-electron chi connectivity index (χ4n) is 2.76. The van der Waals surface area contributed by atoms with Gasteiger partial charge in [-0.2, -0.15) is 0 Å². The Labute approximate surface area is 153 Å². The molecule has 3 rings (SSSR count). The molecule has 26 heavy (non-hydrogen) atoms. The summed E-state index contributed by atoms with van der Waals surface area (Å²) in [6.07, 6.45) is 1.41. The van der Waals surface area contributed by atoms with Gasteiger partial charge in [0.1, 0.15) is 17.8 Å². The van der Waals surface area contributed by atoms with E-state index in [1.807, 2.05) is 32.0 Å². The molecule has 0 radical (unpaired) electrons. The highest BCUT2D eigenvalue weighted by Crippen LogP contribution is 2.15. The molecule has 1 aromatic carbocycles. The molecule has 7 nitrogen and oxygen atoms in total. The molecule has 1 aromatic heterocycles. The molecule has 1 aliphatic heterocycles. The average molecular weight is 355 g/mol. The van der Waals surface area contributed by atoms with Crippen LogP contribution in [0.1, 0.15) is 21.6 Å². The van der Waals surface area contributed by atoms with E-state index in [4.69, 9.17) is 4.74 Å². The molecule has 2 N–H and O–H groups in total. The van der Waals surface area contributed by atoms with Crippen LogP contribution in [0.4, 0.5) is 11.5 Å². The summed E-state index contributed by atoms with van der Waals surface area (Å²) < 4.78 is 5.34. The van der Waals surface area contributed by atoms with Gasteiger partial charge in [0.25, 0.3) is 5.91 Å². The van der Waals surface area contributed by atoms with Crippen LogP contribution >= 0.6 is 0 Å². The Morgan fingerprint density at radius 3 is 2.73 bits per heavy atom. The lowest BCUT2D eigenvalue weighted by atomic mass is 10.1. The van der Waals surface area contributed by atoms with Gasteiger partial charge in [-0.1, -0.05) is 6.07 Å². The monoisotopic (exact) mass is 355 g/mol. The number of hydrogen-bond donors (Lipinski definition) is 2. The Bertz CT molecular complexity index is 759.